The van der Waals surface area contributed by atoms with Gasteiger partial charge in [-0.05, 0) is 0 Å². The minimum atomic E-state index is -5.31. The van der Waals surface area contributed by atoms with Gasteiger partial charge in [-0.25, -0.2) is 16.8 Å². The third-order valence-electron chi connectivity index (χ3n) is 0.194. The molecule has 0 aromatic rings. The molecule has 0 atom stereocenters. The van der Waals surface area contributed by atoms with Crippen molar-refractivity contribution in [1.29, 1.82) is 0 Å². The van der Waals surface area contributed by atoms with E-state index in [0.29, 0.717) is 0 Å². The molecule has 0 aliphatic rings. The molecule has 0 unspecified atom stereocenters. The summed E-state index contributed by atoms with van der Waals surface area (Å²) >= 11 is 0. The van der Waals surface area contributed by atoms with E-state index in [-0.39, 0.29) is 59.1 Å². The Balaban J connectivity index is -0.000000117. The summed E-state index contributed by atoms with van der Waals surface area (Å²) in [5, 5.41) is 12.0. The van der Waals surface area contributed by atoms with Gasteiger partial charge in [0.1, 0.15) is 0 Å². The fourth-order valence-electron chi connectivity index (χ4n) is 0.0680. The SMILES string of the molecule is O=S(=O)([O-])OOS(=O)(=O)[O-].OO.[Na+].[Na+]. The van der Waals surface area contributed by atoms with Gasteiger partial charge in [0.15, 0.2) is 0 Å². The van der Waals surface area contributed by atoms with Crippen molar-refractivity contribution in [2.75, 3.05) is 0 Å². The Labute approximate surface area is 124 Å². The van der Waals surface area contributed by atoms with Gasteiger partial charge in [-0.15, -0.1) is 8.67 Å². The Morgan fingerprint density at radius 2 is 0.929 bits per heavy atom. The van der Waals surface area contributed by atoms with Gasteiger partial charge < -0.3 is 9.11 Å². The molecule has 0 aromatic heterocycles. The van der Waals surface area contributed by atoms with E-state index >= 15 is 0 Å². The second kappa shape index (κ2) is 11.2. The molecule has 0 bridgehead atoms. The topological polar surface area (TPSA) is 173 Å². The average molecular weight is 272 g/mol. The molecule has 0 heterocycles. The predicted molar refractivity (Wildman–Crippen MR) is 26.8 cm³/mol. The van der Waals surface area contributed by atoms with Crippen molar-refractivity contribution in [3.05, 3.63) is 0 Å². The summed E-state index contributed by atoms with van der Waals surface area (Å²) in [5.74, 6) is 0. The van der Waals surface area contributed by atoms with Crippen LogP contribution < -0.4 is 59.1 Å². The Morgan fingerprint density at radius 3 is 1.00 bits per heavy atom. The molecule has 76 valence electrons. The monoisotopic (exact) mass is 272 g/mol. The van der Waals surface area contributed by atoms with Gasteiger partial charge in [0.25, 0.3) is 0 Å². The third kappa shape index (κ3) is 29.2. The van der Waals surface area contributed by atoms with E-state index < -0.39 is 20.8 Å². The Morgan fingerprint density at radius 1 is 0.786 bits per heavy atom. The van der Waals surface area contributed by atoms with Crippen LogP contribution in [0.5, 0.6) is 0 Å². The van der Waals surface area contributed by atoms with Crippen molar-refractivity contribution in [1.82, 2.24) is 0 Å². The molecule has 14 heteroatoms. The Hall–Kier alpha value is 1.66. The van der Waals surface area contributed by atoms with Gasteiger partial charge in [-0.1, -0.05) is 0 Å². The summed E-state index contributed by atoms with van der Waals surface area (Å²) in [6, 6.07) is 0. The van der Waals surface area contributed by atoms with Crippen LogP contribution >= 0.6 is 0 Å². The molecule has 0 spiro atoms. The van der Waals surface area contributed by atoms with Gasteiger partial charge >= 0.3 is 59.1 Å². The van der Waals surface area contributed by atoms with Crippen LogP contribution in [-0.4, -0.2) is 36.5 Å². The Bertz CT molecular complexity index is 252. The quantitative estimate of drug-likeness (QED) is 0.165. The first kappa shape index (κ1) is 24.8. The van der Waals surface area contributed by atoms with Crippen LogP contribution in [0, 0.1) is 0 Å². The fraction of sp³-hybridized carbons (Fsp3) is 0. The van der Waals surface area contributed by atoms with Crippen LogP contribution in [0.3, 0.4) is 0 Å². The minimum absolute atomic E-state index is 0. The summed E-state index contributed by atoms with van der Waals surface area (Å²) in [6.07, 6.45) is 0. The molecule has 0 saturated heterocycles. The summed E-state index contributed by atoms with van der Waals surface area (Å²) < 4.78 is 61.5. The van der Waals surface area contributed by atoms with E-state index in [1.807, 2.05) is 0 Å². The first-order chi connectivity index (χ1) is 5.21. The molecule has 2 N–H and O–H groups in total. The van der Waals surface area contributed by atoms with Crippen molar-refractivity contribution >= 4 is 20.8 Å². The molecule has 0 fully saturated rings. The zero-order valence-corrected chi connectivity index (χ0v) is 12.6. The normalized spacial score (nSPS) is 10.0. The average Bonchev–Trinajstić information content (AvgIpc) is 1.86. The van der Waals surface area contributed by atoms with E-state index in [0.717, 1.165) is 0 Å². The summed E-state index contributed by atoms with van der Waals surface area (Å²) in [5.41, 5.74) is 0. The molecule has 0 rings (SSSR count). The van der Waals surface area contributed by atoms with E-state index in [2.05, 4.69) is 8.67 Å². The molecule has 0 saturated carbocycles. The zero-order chi connectivity index (χ0) is 10.4. The minimum Gasteiger partial charge on any atom is -0.724 e. The van der Waals surface area contributed by atoms with Crippen LogP contribution in [0.15, 0.2) is 0 Å². The van der Waals surface area contributed by atoms with E-state index in [4.69, 9.17) is 10.5 Å². The van der Waals surface area contributed by atoms with Gasteiger partial charge in [0.2, 0.25) is 20.8 Å². The molecule has 0 amide bonds. The molecular weight excluding hydrogens is 270 g/mol. The van der Waals surface area contributed by atoms with Crippen LogP contribution in [-0.2, 0) is 29.5 Å². The maximum absolute atomic E-state index is 9.37. The first-order valence-electron chi connectivity index (χ1n) is 1.70. The maximum atomic E-state index is 9.37. The third-order valence-corrected chi connectivity index (χ3v) is 0.750. The Kier molecular flexibility index (Phi) is 19.7. The van der Waals surface area contributed by atoms with Crippen molar-refractivity contribution < 1.29 is 104 Å². The van der Waals surface area contributed by atoms with E-state index in [9.17, 15) is 25.9 Å². The zero-order valence-electron chi connectivity index (χ0n) is 6.98. The first-order valence-corrected chi connectivity index (χ1v) is 4.37. The molecule has 14 heavy (non-hydrogen) atoms. The second-order valence-corrected chi connectivity index (χ2v) is 2.86. The predicted octanol–water partition coefficient (Wildman–Crippen LogP) is -8.12. The standard InChI is InChI=1S/2Na.H2O8S2.H2O2/c;;1-9(2,3)7-8-10(4,5)6;1-2/h;;(H,1,2,3)(H,4,5,6);1-2H/q2*+1;;/p-2. The number of hydrogen-bond acceptors (Lipinski definition) is 10. The van der Waals surface area contributed by atoms with Gasteiger partial charge in [-0.3, -0.25) is 10.5 Å². The largest absolute Gasteiger partial charge is 1.00 e. The summed E-state index contributed by atoms with van der Waals surface area (Å²) in [6.45, 7) is 0. The van der Waals surface area contributed by atoms with Crippen molar-refractivity contribution in [3.8, 4) is 0 Å². The maximum Gasteiger partial charge on any atom is 1.00 e. The second-order valence-electron chi connectivity index (χ2n) is 0.953. The van der Waals surface area contributed by atoms with Crippen LogP contribution in [0.1, 0.15) is 0 Å². The molecule has 0 radical (unpaired) electrons. The smallest absolute Gasteiger partial charge is 0.724 e. The molecule has 0 aromatic carbocycles. The van der Waals surface area contributed by atoms with Gasteiger partial charge in [-0.2, -0.15) is 0 Å². The molecule has 0 aliphatic carbocycles. The summed E-state index contributed by atoms with van der Waals surface area (Å²) in [7, 11) is -10.6. The van der Waals surface area contributed by atoms with Crippen LogP contribution in [0.4, 0.5) is 0 Å². The van der Waals surface area contributed by atoms with Gasteiger partial charge in [0, 0.05) is 0 Å². The molecule has 10 nitrogen and oxygen atoms in total. The number of hydrogen-bond donors (Lipinski definition) is 2. The van der Waals surface area contributed by atoms with E-state index in [1.54, 1.807) is 0 Å². The van der Waals surface area contributed by atoms with Crippen molar-refractivity contribution in [3.63, 3.8) is 0 Å². The number of rotatable bonds is 3. The van der Waals surface area contributed by atoms with Gasteiger partial charge in [0.05, 0.1) is 0 Å². The molecular formula is H2Na2O10S2. The van der Waals surface area contributed by atoms with E-state index in [1.165, 1.54) is 0 Å². The summed E-state index contributed by atoms with van der Waals surface area (Å²) in [4.78, 5) is 0. The van der Waals surface area contributed by atoms with Crippen molar-refractivity contribution in [2.45, 2.75) is 0 Å². The van der Waals surface area contributed by atoms with Crippen LogP contribution in [0.2, 0.25) is 0 Å². The fourth-order valence-corrected chi connectivity index (χ4v) is 0.612. The molecule has 0 aliphatic heterocycles. The van der Waals surface area contributed by atoms with Crippen molar-refractivity contribution in [2.24, 2.45) is 0 Å². The van der Waals surface area contributed by atoms with Crippen LogP contribution in [0.25, 0.3) is 0 Å².